The summed E-state index contributed by atoms with van der Waals surface area (Å²) >= 11 is 0. The Balaban J connectivity index is 1.57. The largest absolute Gasteiger partial charge is 0.338 e. The number of hydrogen-bond acceptors (Lipinski definition) is 4. The summed E-state index contributed by atoms with van der Waals surface area (Å²) in [6.45, 7) is 5.77. The van der Waals surface area contributed by atoms with Gasteiger partial charge in [-0.05, 0) is 32.8 Å². The van der Waals surface area contributed by atoms with Crippen LogP contribution in [0.4, 0.5) is 0 Å². The molecule has 122 valence electrons. The Morgan fingerprint density at radius 2 is 1.86 bits per heavy atom. The second kappa shape index (κ2) is 5.66. The lowest BCUT2D eigenvalue weighted by Crippen LogP contribution is -2.52. The molecular weight excluding hydrogens is 304 g/mol. The van der Waals surface area contributed by atoms with Gasteiger partial charge in [0.1, 0.15) is 6.54 Å². The molecule has 0 radical (unpaired) electrons. The van der Waals surface area contributed by atoms with Crippen molar-refractivity contribution >= 4 is 15.9 Å². The lowest BCUT2D eigenvalue weighted by Gasteiger charge is -2.34. The molecular formula is C14H22N4O3S. The van der Waals surface area contributed by atoms with Crippen molar-refractivity contribution in [2.75, 3.05) is 26.2 Å². The summed E-state index contributed by atoms with van der Waals surface area (Å²) in [6.07, 6.45) is 1.55. The number of nitrogens with zero attached hydrogens (tertiary/aromatic N) is 4. The van der Waals surface area contributed by atoms with E-state index in [1.54, 1.807) is 9.58 Å². The van der Waals surface area contributed by atoms with Gasteiger partial charge in [0.05, 0.1) is 10.9 Å². The molecule has 0 spiro atoms. The number of amides is 1. The quantitative estimate of drug-likeness (QED) is 0.788. The molecule has 2 fully saturated rings. The molecule has 1 saturated carbocycles. The highest BCUT2D eigenvalue weighted by Gasteiger charge is 2.41. The van der Waals surface area contributed by atoms with Crippen LogP contribution in [-0.2, 0) is 21.4 Å². The van der Waals surface area contributed by atoms with E-state index < -0.39 is 10.0 Å². The van der Waals surface area contributed by atoms with Crippen LogP contribution in [0, 0.1) is 13.8 Å². The molecule has 0 N–H and O–H groups in total. The first-order valence-electron chi connectivity index (χ1n) is 7.66. The van der Waals surface area contributed by atoms with Gasteiger partial charge in [-0.3, -0.25) is 9.48 Å². The molecule has 0 unspecified atom stereocenters. The van der Waals surface area contributed by atoms with Gasteiger partial charge in [-0.25, -0.2) is 8.42 Å². The average molecular weight is 326 g/mol. The molecule has 2 heterocycles. The molecule has 1 saturated heterocycles. The maximum atomic E-state index is 12.3. The maximum absolute atomic E-state index is 12.3. The van der Waals surface area contributed by atoms with Gasteiger partial charge in [-0.2, -0.15) is 9.40 Å². The van der Waals surface area contributed by atoms with Gasteiger partial charge in [0.25, 0.3) is 0 Å². The van der Waals surface area contributed by atoms with E-state index in [0.717, 1.165) is 24.2 Å². The smallest absolute Gasteiger partial charge is 0.244 e. The molecule has 0 atom stereocenters. The molecule has 1 aromatic rings. The summed E-state index contributed by atoms with van der Waals surface area (Å²) in [4.78, 5) is 14.1. The van der Waals surface area contributed by atoms with Crippen LogP contribution in [0.2, 0.25) is 0 Å². The molecule has 0 bridgehead atoms. The Hall–Kier alpha value is -1.41. The van der Waals surface area contributed by atoms with Gasteiger partial charge in [0.2, 0.25) is 15.9 Å². The fourth-order valence-corrected chi connectivity index (χ4v) is 4.66. The fraction of sp³-hybridized carbons (Fsp3) is 0.714. The number of aromatic nitrogens is 2. The average Bonchev–Trinajstić information content (AvgIpc) is 3.27. The SMILES string of the molecule is Cc1cc(C)n(CC(=O)N2CCN(S(=O)(=O)C3CC3)CC2)n1. The zero-order valence-corrected chi connectivity index (χ0v) is 13.8. The van der Waals surface area contributed by atoms with Gasteiger partial charge in [0.15, 0.2) is 0 Å². The predicted molar refractivity (Wildman–Crippen MR) is 81.8 cm³/mol. The number of carbonyl (C=O) groups is 1. The monoisotopic (exact) mass is 326 g/mol. The number of aryl methyl sites for hydroxylation is 2. The molecule has 1 aromatic heterocycles. The minimum atomic E-state index is -3.12. The standard InChI is InChI=1S/C14H22N4O3S/c1-11-9-12(2)18(15-11)10-14(19)16-5-7-17(8-6-16)22(20,21)13-3-4-13/h9,13H,3-8,10H2,1-2H3. The zero-order valence-electron chi connectivity index (χ0n) is 13.0. The van der Waals surface area contributed by atoms with Crippen molar-refractivity contribution in [1.29, 1.82) is 0 Å². The van der Waals surface area contributed by atoms with Gasteiger partial charge in [-0.1, -0.05) is 0 Å². The Bertz CT molecular complexity index is 670. The van der Waals surface area contributed by atoms with Crippen molar-refractivity contribution in [2.24, 2.45) is 0 Å². The van der Waals surface area contributed by atoms with Crippen molar-refractivity contribution in [3.63, 3.8) is 0 Å². The highest BCUT2D eigenvalue weighted by atomic mass is 32.2. The van der Waals surface area contributed by atoms with E-state index in [1.807, 2.05) is 19.9 Å². The van der Waals surface area contributed by atoms with Crippen LogP contribution in [0.3, 0.4) is 0 Å². The molecule has 2 aliphatic rings. The molecule has 22 heavy (non-hydrogen) atoms. The second-order valence-electron chi connectivity index (χ2n) is 6.11. The molecule has 7 nitrogen and oxygen atoms in total. The van der Waals surface area contributed by atoms with Crippen molar-refractivity contribution < 1.29 is 13.2 Å². The van der Waals surface area contributed by atoms with Crippen LogP contribution in [0.5, 0.6) is 0 Å². The molecule has 3 rings (SSSR count). The summed E-state index contributed by atoms with van der Waals surface area (Å²) in [5.41, 5.74) is 1.85. The van der Waals surface area contributed by atoms with E-state index in [-0.39, 0.29) is 17.7 Å². The van der Waals surface area contributed by atoms with Crippen molar-refractivity contribution in [1.82, 2.24) is 19.0 Å². The third kappa shape index (κ3) is 3.03. The summed E-state index contributed by atoms with van der Waals surface area (Å²) in [7, 11) is -3.12. The third-order valence-electron chi connectivity index (χ3n) is 4.29. The number of rotatable bonds is 4. The Kier molecular flexibility index (Phi) is 3.98. The second-order valence-corrected chi connectivity index (χ2v) is 8.32. The van der Waals surface area contributed by atoms with Crippen LogP contribution < -0.4 is 0 Å². The van der Waals surface area contributed by atoms with E-state index in [2.05, 4.69) is 5.10 Å². The molecule has 1 aliphatic heterocycles. The first kappa shape index (κ1) is 15.5. The van der Waals surface area contributed by atoms with Crippen LogP contribution in [-0.4, -0.2) is 64.7 Å². The molecule has 1 amide bonds. The Labute approximate surface area is 130 Å². The third-order valence-corrected chi connectivity index (χ3v) is 6.68. The number of carbonyl (C=O) groups excluding carboxylic acids is 1. The van der Waals surface area contributed by atoms with Crippen LogP contribution in [0.25, 0.3) is 0 Å². The fourth-order valence-electron chi connectivity index (χ4n) is 2.83. The lowest BCUT2D eigenvalue weighted by molar-refractivity contribution is -0.133. The van der Waals surface area contributed by atoms with E-state index >= 15 is 0 Å². The number of sulfonamides is 1. The topological polar surface area (TPSA) is 75.5 Å². The van der Waals surface area contributed by atoms with Crippen LogP contribution in [0.1, 0.15) is 24.2 Å². The van der Waals surface area contributed by atoms with E-state index in [9.17, 15) is 13.2 Å². The predicted octanol–water partition coefficient (Wildman–Crippen LogP) is 0.136. The Morgan fingerprint density at radius 3 is 2.36 bits per heavy atom. The zero-order chi connectivity index (χ0) is 15.9. The first-order valence-corrected chi connectivity index (χ1v) is 9.16. The van der Waals surface area contributed by atoms with E-state index in [0.29, 0.717) is 26.2 Å². The maximum Gasteiger partial charge on any atom is 0.244 e. The van der Waals surface area contributed by atoms with E-state index in [1.165, 1.54) is 4.31 Å². The minimum Gasteiger partial charge on any atom is -0.338 e. The molecule has 1 aliphatic carbocycles. The highest BCUT2D eigenvalue weighted by Crippen LogP contribution is 2.31. The van der Waals surface area contributed by atoms with Crippen LogP contribution >= 0.6 is 0 Å². The minimum absolute atomic E-state index is 0.00494. The Morgan fingerprint density at radius 1 is 1.23 bits per heavy atom. The van der Waals surface area contributed by atoms with Gasteiger partial charge in [-0.15, -0.1) is 0 Å². The first-order chi connectivity index (χ1) is 10.4. The molecule has 0 aromatic carbocycles. The summed E-state index contributed by atoms with van der Waals surface area (Å²) in [5.74, 6) is -0.00494. The molecule has 8 heteroatoms. The number of hydrogen-bond donors (Lipinski definition) is 0. The van der Waals surface area contributed by atoms with Crippen LogP contribution in [0.15, 0.2) is 6.07 Å². The van der Waals surface area contributed by atoms with E-state index in [4.69, 9.17) is 0 Å². The van der Waals surface area contributed by atoms with Crippen molar-refractivity contribution in [3.8, 4) is 0 Å². The summed E-state index contributed by atoms with van der Waals surface area (Å²) < 4.78 is 27.6. The normalized spacial score (nSPS) is 20.4. The van der Waals surface area contributed by atoms with Crippen molar-refractivity contribution in [2.45, 2.75) is 38.5 Å². The van der Waals surface area contributed by atoms with Gasteiger partial charge in [0, 0.05) is 31.9 Å². The van der Waals surface area contributed by atoms with Crippen molar-refractivity contribution in [3.05, 3.63) is 17.5 Å². The van der Waals surface area contributed by atoms with Gasteiger partial charge >= 0.3 is 0 Å². The summed E-state index contributed by atoms with van der Waals surface area (Å²) in [6, 6.07) is 1.94. The number of piperazine rings is 1. The van der Waals surface area contributed by atoms with Gasteiger partial charge < -0.3 is 4.90 Å². The summed E-state index contributed by atoms with van der Waals surface area (Å²) in [5, 5.41) is 4.12. The highest BCUT2D eigenvalue weighted by molar-refractivity contribution is 7.90. The lowest BCUT2D eigenvalue weighted by atomic mass is 10.3.